The van der Waals surface area contributed by atoms with Crippen LogP contribution in [0.25, 0.3) is 22.3 Å². The molecule has 4 aromatic rings. The molecule has 0 bridgehead atoms. The van der Waals surface area contributed by atoms with Crippen LogP contribution in [0, 0.1) is 22.5 Å². The first-order chi connectivity index (χ1) is 31.4. The summed E-state index contributed by atoms with van der Waals surface area (Å²) < 4.78 is 175. The van der Waals surface area contributed by atoms with Crippen molar-refractivity contribution in [3.63, 3.8) is 0 Å². The van der Waals surface area contributed by atoms with Gasteiger partial charge in [0.05, 0.1) is 42.5 Å². The first-order valence-corrected chi connectivity index (χ1v) is 19.6. The van der Waals surface area contributed by atoms with E-state index in [1.54, 1.807) is 5.32 Å². The zero-order chi connectivity index (χ0) is 51.3. The number of hydrogen-bond acceptors (Lipinski definition) is 9. The third kappa shape index (κ3) is 12.9. The Hall–Kier alpha value is -6.58. The van der Waals surface area contributed by atoms with Crippen molar-refractivity contribution in [2.24, 2.45) is 10.8 Å². The molecule has 2 heterocycles. The number of methoxy groups -OCH3 is 1. The molecule has 0 aliphatic heterocycles. The molecule has 374 valence electrons. The molecule has 0 fully saturated rings. The molecule has 0 saturated heterocycles. The Balaban J connectivity index is 1.82. The van der Waals surface area contributed by atoms with Gasteiger partial charge in [0.2, 0.25) is 5.91 Å². The number of alkyl halides is 10. The molecule has 0 aliphatic rings. The summed E-state index contributed by atoms with van der Waals surface area (Å²) >= 11 is 0. The third-order valence-electron chi connectivity index (χ3n) is 10.8. The van der Waals surface area contributed by atoms with Gasteiger partial charge < -0.3 is 30.9 Å². The lowest BCUT2D eigenvalue weighted by Gasteiger charge is -2.38. The third-order valence-corrected chi connectivity index (χ3v) is 10.8. The number of carbonyl (C=O) groups is 4. The predicted molar refractivity (Wildman–Crippen MR) is 212 cm³/mol. The van der Waals surface area contributed by atoms with Gasteiger partial charge in [-0.15, -0.1) is 0 Å². The smallest absolute Gasteiger partial charge is 0.407 e. The highest BCUT2D eigenvalue weighted by Gasteiger charge is 2.57. The Bertz CT molecular complexity index is 2390. The summed E-state index contributed by atoms with van der Waals surface area (Å²) in [6.45, 7) is -6.62. The Morgan fingerprint density at radius 1 is 0.721 bits per heavy atom. The maximum Gasteiger partial charge on any atom is 0.407 e. The molecule has 16 nitrogen and oxygen atoms in total. The number of nitrogens with one attached hydrogen (secondary N) is 4. The lowest BCUT2D eigenvalue weighted by Crippen LogP contribution is -2.63. The van der Waals surface area contributed by atoms with Gasteiger partial charge in [-0.2, -0.15) is 54.1 Å². The summed E-state index contributed by atoms with van der Waals surface area (Å²) in [4.78, 5) is 51.4. The van der Waals surface area contributed by atoms with Gasteiger partial charge in [0.15, 0.2) is 0 Å². The van der Waals surface area contributed by atoms with E-state index in [0.717, 1.165) is 31.9 Å². The van der Waals surface area contributed by atoms with E-state index >= 15 is 8.78 Å². The van der Waals surface area contributed by atoms with Crippen molar-refractivity contribution < 1.29 is 86.8 Å². The number of halogens is 12. The molecule has 4 unspecified atom stereocenters. The summed E-state index contributed by atoms with van der Waals surface area (Å²) in [6.07, 6.45) is -13.3. The molecule has 2 aromatic carbocycles. The van der Waals surface area contributed by atoms with E-state index in [1.165, 1.54) is 29.6 Å². The molecule has 0 spiro atoms. The molecule has 4 atom stereocenters. The molecule has 68 heavy (non-hydrogen) atoms. The standard InChI is InChI=1S/C40H43F12N9O7/c1-37(2,39(47,48)49)29(57-36(67)68-5)31(63)55-27(10-19-6-8-20(9-7-19)22-13-53-60(15-22)33(43)44)28(62)18-59(58-32(64)30(56-35(65)66)38(3,4)40(50,51)52)17-24-25(41)11-21(12-26(24)42)23-14-54-61(16-23)34(45)46/h6-9,11-16,27-30,33-34,56,62H,10,17-18H2,1-5H3,(H,55,63)(H,57,67)(H,58,64)(H,65,66). The lowest BCUT2D eigenvalue weighted by atomic mass is 9.82. The fraction of sp³-hybridized carbons (Fsp3) is 0.450. The molecule has 0 radical (unpaired) electrons. The van der Waals surface area contributed by atoms with Crippen LogP contribution in [0.1, 0.15) is 51.9 Å². The fourth-order valence-electron chi connectivity index (χ4n) is 6.43. The minimum atomic E-state index is -5.30. The van der Waals surface area contributed by atoms with Gasteiger partial charge >= 0.3 is 37.6 Å². The van der Waals surface area contributed by atoms with Crippen molar-refractivity contribution in [1.29, 1.82) is 0 Å². The second-order valence-electron chi connectivity index (χ2n) is 16.2. The average Bonchev–Trinajstić information content (AvgIpc) is 3.94. The molecule has 0 aliphatic carbocycles. The summed E-state index contributed by atoms with van der Waals surface area (Å²) in [5.41, 5.74) is -5.33. The van der Waals surface area contributed by atoms with Crippen molar-refractivity contribution in [3.8, 4) is 22.3 Å². The number of hydrogen-bond donors (Lipinski definition) is 6. The van der Waals surface area contributed by atoms with Crippen molar-refractivity contribution >= 4 is 24.0 Å². The largest absolute Gasteiger partial charge is 0.465 e. The van der Waals surface area contributed by atoms with E-state index in [1.807, 2.05) is 5.43 Å². The number of ether oxygens (including phenoxy) is 1. The fourth-order valence-corrected chi connectivity index (χ4v) is 6.43. The monoisotopic (exact) mass is 989 g/mol. The van der Waals surface area contributed by atoms with Gasteiger partial charge in [0.1, 0.15) is 23.7 Å². The number of rotatable bonds is 19. The summed E-state index contributed by atoms with van der Waals surface area (Å²) in [7, 11) is 0.773. The van der Waals surface area contributed by atoms with Crippen molar-refractivity contribution in [2.45, 2.75) is 90.3 Å². The Labute approximate surface area is 377 Å². The van der Waals surface area contributed by atoms with Crippen LogP contribution < -0.4 is 21.4 Å². The van der Waals surface area contributed by atoms with E-state index in [9.17, 15) is 73.3 Å². The predicted octanol–water partition coefficient (Wildman–Crippen LogP) is 6.94. The van der Waals surface area contributed by atoms with Gasteiger partial charge in [0, 0.05) is 42.2 Å². The summed E-state index contributed by atoms with van der Waals surface area (Å²) in [6, 6.07) is -0.470. The molecule has 4 amide bonds. The Morgan fingerprint density at radius 3 is 1.62 bits per heavy atom. The number of aliphatic hydroxyl groups is 1. The zero-order valence-corrected chi connectivity index (χ0v) is 36.1. The number of aromatic nitrogens is 4. The van der Waals surface area contributed by atoms with Crippen LogP contribution in [0.3, 0.4) is 0 Å². The molecular formula is C40H43F12N9O7. The Kier molecular flexibility index (Phi) is 16.8. The van der Waals surface area contributed by atoms with E-state index in [2.05, 4.69) is 20.3 Å². The number of benzene rings is 2. The van der Waals surface area contributed by atoms with Crippen LogP contribution in [-0.2, 0) is 27.3 Å². The first-order valence-electron chi connectivity index (χ1n) is 19.6. The van der Waals surface area contributed by atoms with E-state index in [0.29, 0.717) is 55.1 Å². The first kappa shape index (κ1) is 54.0. The normalized spacial score (nSPS) is 14.4. The average molecular weight is 990 g/mol. The van der Waals surface area contributed by atoms with Crippen LogP contribution in [0.5, 0.6) is 0 Å². The van der Waals surface area contributed by atoms with Crippen LogP contribution in [-0.4, -0.2) is 109 Å². The van der Waals surface area contributed by atoms with Crippen LogP contribution >= 0.6 is 0 Å². The Morgan fingerprint density at radius 2 is 1.19 bits per heavy atom. The van der Waals surface area contributed by atoms with Gasteiger partial charge in [-0.3, -0.25) is 15.0 Å². The number of nitrogens with zero attached hydrogens (tertiary/aromatic N) is 5. The molecular weight excluding hydrogens is 946 g/mol. The number of alkyl carbamates (subject to hydrolysis) is 1. The number of hydrazine groups is 1. The van der Waals surface area contributed by atoms with Crippen molar-refractivity contribution in [1.82, 2.24) is 45.9 Å². The van der Waals surface area contributed by atoms with E-state index in [-0.39, 0.29) is 26.9 Å². The SMILES string of the molecule is COC(=O)NC(C(=O)NC(Cc1ccc(-c2cnn(C(F)F)c2)cc1)C(O)CN(Cc1c(F)cc(-c2cnn(C(F)F)c2)cc1F)NC(=O)C(NC(=O)O)C(C)(C)C(F)(F)F)C(C)(C)C(F)(F)F. The van der Waals surface area contributed by atoms with Crippen LogP contribution in [0.4, 0.5) is 62.3 Å². The second kappa shape index (κ2) is 21.2. The number of amides is 4. The molecule has 0 saturated carbocycles. The maximum atomic E-state index is 15.8. The van der Waals surface area contributed by atoms with Crippen LogP contribution in [0.2, 0.25) is 0 Å². The quantitative estimate of drug-likeness (QED) is 0.0422. The summed E-state index contributed by atoms with van der Waals surface area (Å²) in [5, 5.41) is 33.9. The topological polar surface area (TPSA) is 205 Å². The molecule has 6 N–H and O–H groups in total. The van der Waals surface area contributed by atoms with E-state index < -0.39 is 121 Å². The van der Waals surface area contributed by atoms with Crippen molar-refractivity contribution in [2.75, 3.05) is 13.7 Å². The van der Waals surface area contributed by atoms with Gasteiger partial charge in [-0.25, -0.2) is 32.7 Å². The van der Waals surface area contributed by atoms with E-state index in [4.69, 9.17) is 0 Å². The lowest BCUT2D eigenvalue weighted by molar-refractivity contribution is -0.221. The van der Waals surface area contributed by atoms with Gasteiger partial charge in [0.25, 0.3) is 5.91 Å². The number of carboxylic acid groups (broad SMARTS) is 1. The summed E-state index contributed by atoms with van der Waals surface area (Å²) in [5.74, 6) is -6.37. The second-order valence-corrected chi connectivity index (χ2v) is 16.2. The molecule has 28 heteroatoms. The zero-order valence-electron chi connectivity index (χ0n) is 36.1. The maximum absolute atomic E-state index is 15.8. The number of carbonyl (C=O) groups excluding carboxylic acids is 3. The number of aliphatic hydroxyl groups excluding tert-OH is 1. The minimum absolute atomic E-state index is 0.142. The van der Waals surface area contributed by atoms with Crippen LogP contribution in [0.15, 0.2) is 61.2 Å². The van der Waals surface area contributed by atoms with Gasteiger partial charge in [-0.1, -0.05) is 24.3 Å². The highest BCUT2D eigenvalue weighted by molar-refractivity contribution is 5.87. The highest BCUT2D eigenvalue weighted by atomic mass is 19.4. The molecule has 4 rings (SSSR count). The van der Waals surface area contributed by atoms with Crippen molar-refractivity contribution in [3.05, 3.63) is 83.9 Å². The minimum Gasteiger partial charge on any atom is -0.465 e. The highest BCUT2D eigenvalue weighted by Crippen LogP contribution is 2.42. The molecule has 2 aromatic heterocycles. The van der Waals surface area contributed by atoms with Gasteiger partial charge in [-0.05, 0) is 62.9 Å².